The fourth-order valence-electron chi connectivity index (χ4n) is 1.49. The van der Waals surface area contributed by atoms with Crippen LogP contribution in [0.1, 0.15) is 5.56 Å². The van der Waals surface area contributed by atoms with Crippen molar-refractivity contribution in [2.75, 3.05) is 19.6 Å². The molecule has 1 aliphatic heterocycles. The number of ether oxygens (including phenoxy) is 1. The van der Waals surface area contributed by atoms with Gasteiger partial charge < -0.3 is 15.4 Å². The molecule has 0 aromatic heterocycles. The topological polar surface area (TPSA) is 50.4 Å². The summed E-state index contributed by atoms with van der Waals surface area (Å²) < 4.78 is 5.08. The first-order valence-electron chi connectivity index (χ1n) is 5.50. The van der Waals surface area contributed by atoms with Gasteiger partial charge in [-0.15, -0.1) is 12.4 Å². The number of carbonyl (C=O) groups is 1. The molecular weight excluding hydrogens is 240 g/mol. The molecule has 0 radical (unpaired) electrons. The quantitative estimate of drug-likeness (QED) is 0.860. The van der Waals surface area contributed by atoms with E-state index < -0.39 is 0 Å². The summed E-state index contributed by atoms with van der Waals surface area (Å²) in [6.45, 7) is 2.99. The number of hydrogen-bond donors (Lipinski definition) is 2. The minimum Gasteiger partial charge on any atom is -0.445 e. The Hall–Kier alpha value is -1.26. The third-order valence-electron chi connectivity index (χ3n) is 2.61. The van der Waals surface area contributed by atoms with E-state index in [1.807, 2.05) is 30.3 Å². The number of carbonyl (C=O) groups excluding carboxylic acids is 1. The van der Waals surface area contributed by atoms with Gasteiger partial charge in [-0.25, -0.2) is 4.79 Å². The molecule has 1 saturated heterocycles. The van der Waals surface area contributed by atoms with Gasteiger partial charge in [0.05, 0.1) is 0 Å². The Morgan fingerprint density at radius 3 is 2.65 bits per heavy atom. The predicted molar refractivity (Wildman–Crippen MR) is 68.2 cm³/mol. The van der Waals surface area contributed by atoms with Crippen molar-refractivity contribution in [1.82, 2.24) is 10.6 Å². The Bertz CT molecular complexity index is 342. The molecule has 4 nitrogen and oxygen atoms in total. The molecule has 5 heteroatoms. The van der Waals surface area contributed by atoms with Crippen LogP contribution in [0.5, 0.6) is 0 Å². The Morgan fingerprint density at radius 2 is 2.06 bits per heavy atom. The van der Waals surface area contributed by atoms with E-state index in [9.17, 15) is 4.79 Å². The molecule has 2 rings (SSSR count). The highest BCUT2D eigenvalue weighted by Crippen LogP contribution is 2.02. The maximum atomic E-state index is 11.3. The van der Waals surface area contributed by atoms with Crippen molar-refractivity contribution in [3.8, 4) is 0 Å². The van der Waals surface area contributed by atoms with Crippen molar-refractivity contribution in [2.24, 2.45) is 5.92 Å². The molecule has 0 saturated carbocycles. The number of halogens is 1. The van der Waals surface area contributed by atoms with Crippen LogP contribution in [0.2, 0.25) is 0 Å². The Morgan fingerprint density at radius 1 is 1.35 bits per heavy atom. The van der Waals surface area contributed by atoms with Crippen molar-refractivity contribution < 1.29 is 9.53 Å². The lowest BCUT2D eigenvalue weighted by Crippen LogP contribution is -2.48. The summed E-state index contributed by atoms with van der Waals surface area (Å²) in [6.07, 6.45) is -0.337. The van der Waals surface area contributed by atoms with Crippen LogP contribution in [-0.2, 0) is 11.3 Å². The second-order valence-electron chi connectivity index (χ2n) is 3.97. The highest BCUT2D eigenvalue weighted by Gasteiger charge is 2.17. The summed E-state index contributed by atoms with van der Waals surface area (Å²) in [5.41, 5.74) is 1.00. The third-order valence-corrected chi connectivity index (χ3v) is 2.61. The van der Waals surface area contributed by atoms with Crippen LogP contribution in [0, 0.1) is 5.92 Å². The van der Waals surface area contributed by atoms with Gasteiger partial charge in [-0.1, -0.05) is 30.3 Å². The van der Waals surface area contributed by atoms with Gasteiger partial charge in [-0.2, -0.15) is 0 Å². The van der Waals surface area contributed by atoms with Crippen LogP contribution in [0.15, 0.2) is 30.3 Å². The van der Waals surface area contributed by atoms with Gasteiger partial charge in [0, 0.05) is 25.6 Å². The van der Waals surface area contributed by atoms with E-state index in [0.29, 0.717) is 19.1 Å². The molecule has 1 fully saturated rings. The maximum absolute atomic E-state index is 11.3. The number of benzene rings is 1. The Kier molecular flexibility index (Phi) is 5.80. The van der Waals surface area contributed by atoms with Crippen LogP contribution >= 0.6 is 12.4 Å². The molecule has 1 amide bonds. The van der Waals surface area contributed by atoms with Crippen molar-refractivity contribution in [3.63, 3.8) is 0 Å². The number of rotatable bonds is 4. The third kappa shape index (κ3) is 4.63. The first-order valence-corrected chi connectivity index (χ1v) is 5.50. The van der Waals surface area contributed by atoms with E-state index in [-0.39, 0.29) is 18.5 Å². The summed E-state index contributed by atoms with van der Waals surface area (Å²) in [4.78, 5) is 11.3. The van der Waals surface area contributed by atoms with E-state index >= 15 is 0 Å². The molecule has 0 spiro atoms. The lowest BCUT2D eigenvalue weighted by Gasteiger charge is -2.26. The van der Waals surface area contributed by atoms with Gasteiger partial charge in [0.15, 0.2) is 0 Å². The van der Waals surface area contributed by atoms with Crippen LogP contribution in [0.3, 0.4) is 0 Å². The van der Waals surface area contributed by atoms with Gasteiger partial charge in [0.1, 0.15) is 6.61 Å². The lowest BCUT2D eigenvalue weighted by molar-refractivity contribution is 0.136. The second-order valence-corrected chi connectivity index (χ2v) is 3.97. The molecule has 0 unspecified atom stereocenters. The van der Waals surface area contributed by atoms with E-state index in [2.05, 4.69) is 10.6 Å². The maximum Gasteiger partial charge on any atom is 0.407 e. The van der Waals surface area contributed by atoms with Gasteiger partial charge in [-0.05, 0) is 5.56 Å². The summed E-state index contributed by atoms with van der Waals surface area (Å²) in [6, 6.07) is 9.66. The van der Waals surface area contributed by atoms with Crippen molar-refractivity contribution in [3.05, 3.63) is 35.9 Å². The molecular formula is C12H17ClN2O2. The molecule has 0 aliphatic carbocycles. The van der Waals surface area contributed by atoms with Crippen LogP contribution < -0.4 is 10.6 Å². The summed E-state index contributed by atoms with van der Waals surface area (Å²) in [5, 5.41) is 5.90. The SMILES string of the molecule is Cl.O=C(NCC1CNC1)OCc1ccccc1. The van der Waals surface area contributed by atoms with Crippen molar-refractivity contribution in [1.29, 1.82) is 0 Å². The first-order chi connectivity index (χ1) is 7.84. The lowest BCUT2D eigenvalue weighted by atomic mass is 10.0. The summed E-state index contributed by atoms with van der Waals surface area (Å²) >= 11 is 0. The zero-order chi connectivity index (χ0) is 11.2. The predicted octanol–water partition coefficient (Wildman–Crippen LogP) is 1.55. The molecule has 0 atom stereocenters. The second kappa shape index (κ2) is 7.14. The molecule has 94 valence electrons. The average molecular weight is 257 g/mol. The Balaban J connectivity index is 0.00000144. The Labute approximate surface area is 107 Å². The van der Waals surface area contributed by atoms with Crippen LogP contribution in [-0.4, -0.2) is 25.7 Å². The summed E-state index contributed by atoms with van der Waals surface area (Å²) in [7, 11) is 0. The number of nitrogens with one attached hydrogen (secondary N) is 2. The molecule has 2 N–H and O–H groups in total. The number of hydrogen-bond acceptors (Lipinski definition) is 3. The average Bonchev–Trinajstić information content (AvgIpc) is 2.26. The molecule has 1 aliphatic rings. The summed E-state index contributed by atoms with van der Waals surface area (Å²) in [5.74, 6) is 0.560. The first kappa shape index (κ1) is 13.8. The minimum absolute atomic E-state index is 0. The smallest absolute Gasteiger partial charge is 0.407 e. The highest BCUT2D eigenvalue weighted by molar-refractivity contribution is 5.85. The van der Waals surface area contributed by atoms with Crippen LogP contribution in [0.25, 0.3) is 0 Å². The van der Waals surface area contributed by atoms with Gasteiger partial charge >= 0.3 is 6.09 Å². The minimum atomic E-state index is -0.337. The monoisotopic (exact) mass is 256 g/mol. The fraction of sp³-hybridized carbons (Fsp3) is 0.417. The molecule has 17 heavy (non-hydrogen) atoms. The van der Waals surface area contributed by atoms with Crippen molar-refractivity contribution in [2.45, 2.75) is 6.61 Å². The molecule has 1 aromatic rings. The van der Waals surface area contributed by atoms with E-state index in [1.54, 1.807) is 0 Å². The standard InChI is InChI=1S/C12H16N2O2.ClH/c15-12(14-8-11-6-13-7-11)16-9-10-4-2-1-3-5-10;/h1-5,11,13H,6-9H2,(H,14,15);1H. The highest BCUT2D eigenvalue weighted by atomic mass is 35.5. The number of alkyl carbamates (subject to hydrolysis) is 1. The zero-order valence-corrected chi connectivity index (χ0v) is 10.3. The molecule has 1 aromatic carbocycles. The normalized spacial score (nSPS) is 14.4. The van der Waals surface area contributed by atoms with Gasteiger partial charge in [-0.3, -0.25) is 0 Å². The number of amides is 1. The zero-order valence-electron chi connectivity index (χ0n) is 9.52. The van der Waals surface area contributed by atoms with E-state index in [4.69, 9.17) is 4.74 Å². The van der Waals surface area contributed by atoms with Gasteiger partial charge in [0.2, 0.25) is 0 Å². The van der Waals surface area contributed by atoms with E-state index in [0.717, 1.165) is 18.7 Å². The largest absolute Gasteiger partial charge is 0.445 e. The molecule has 0 bridgehead atoms. The fourth-order valence-corrected chi connectivity index (χ4v) is 1.49. The molecule has 1 heterocycles. The van der Waals surface area contributed by atoms with E-state index in [1.165, 1.54) is 0 Å². The van der Waals surface area contributed by atoms with Crippen molar-refractivity contribution >= 4 is 18.5 Å². The van der Waals surface area contributed by atoms with Gasteiger partial charge in [0.25, 0.3) is 0 Å². The van der Waals surface area contributed by atoms with Crippen LogP contribution in [0.4, 0.5) is 4.79 Å².